The molecule has 1 N–H and O–H groups in total. The fraction of sp³-hybridized carbons (Fsp3) is 0.600. The van der Waals surface area contributed by atoms with Gasteiger partial charge in [-0.1, -0.05) is 6.92 Å². The van der Waals surface area contributed by atoms with E-state index in [0.29, 0.717) is 17.7 Å². The van der Waals surface area contributed by atoms with Crippen LogP contribution in [-0.2, 0) is 0 Å². The number of nitrogens with one attached hydrogen (secondary N) is 1. The standard InChI is InChI=1S/C10H17N3OS/c1-4-8(7-15-3)13-10-11-5-9(14-2)6-12-10/h5-6,8H,4,7H2,1-3H3,(H,11,12,13). The number of hydrogen-bond donors (Lipinski definition) is 1. The zero-order valence-corrected chi connectivity index (χ0v) is 10.2. The van der Waals surface area contributed by atoms with Crippen LogP contribution in [0.15, 0.2) is 12.4 Å². The minimum absolute atomic E-state index is 0.424. The van der Waals surface area contributed by atoms with E-state index in [4.69, 9.17) is 4.74 Å². The van der Waals surface area contributed by atoms with E-state index in [1.54, 1.807) is 19.5 Å². The van der Waals surface area contributed by atoms with E-state index in [2.05, 4.69) is 28.5 Å². The van der Waals surface area contributed by atoms with Crippen molar-refractivity contribution in [2.75, 3.05) is 24.4 Å². The summed E-state index contributed by atoms with van der Waals surface area (Å²) in [5.41, 5.74) is 0. The van der Waals surface area contributed by atoms with Crippen LogP contribution in [0, 0.1) is 0 Å². The number of anilines is 1. The molecule has 1 rings (SSSR count). The quantitative estimate of drug-likeness (QED) is 0.806. The highest BCUT2D eigenvalue weighted by Gasteiger charge is 2.06. The van der Waals surface area contributed by atoms with E-state index in [0.717, 1.165) is 12.2 Å². The Bertz CT molecular complexity index is 279. The van der Waals surface area contributed by atoms with Crippen LogP contribution in [0.3, 0.4) is 0 Å². The van der Waals surface area contributed by atoms with Crippen molar-refractivity contribution in [2.24, 2.45) is 0 Å². The Balaban J connectivity index is 2.55. The van der Waals surface area contributed by atoms with Gasteiger partial charge in [0.15, 0.2) is 5.75 Å². The number of nitrogens with zero attached hydrogens (tertiary/aromatic N) is 2. The molecule has 0 spiro atoms. The summed E-state index contributed by atoms with van der Waals surface area (Å²) in [4.78, 5) is 8.33. The van der Waals surface area contributed by atoms with Crippen LogP contribution in [0.4, 0.5) is 5.95 Å². The first kappa shape index (κ1) is 12.1. The third-order valence-electron chi connectivity index (χ3n) is 2.06. The second-order valence-corrected chi connectivity index (χ2v) is 4.06. The number of aromatic nitrogens is 2. The average Bonchev–Trinajstić information content (AvgIpc) is 2.29. The highest BCUT2D eigenvalue weighted by molar-refractivity contribution is 7.98. The molecule has 0 aliphatic rings. The highest BCUT2D eigenvalue weighted by Crippen LogP contribution is 2.10. The number of ether oxygens (including phenoxy) is 1. The topological polar surface area (TPSA) is 47.0 Å². The number of thioether (sulfide) groups is 1. The molecular weight excluding hydrogens is 210 g/mol. The van der Waals surface area contributed by atoms with Crippen LogP contribution in [0.5, 0.6) is 5.75 Å². The Labute approximate surface area is 94.8 Å². The molecule has 15 heavy (non-hydrogen) atoms. The largest absolute Gasteiger partial charge is 0.494 e. The van der Waals surface area contributed by atoms with Crippen LogP contribution in [0.2, 0.25) is 0 Å². The molecule has 0 aliphatic carbocycles. The summed E-state index contributed by atoms with van der Waals surface area (Å²) in [5, 5.41) is 3.28. The summed E-state index contributed by atoms with van der Waals surface area (Å²) < 4.78 is 4.99. The molecule has 0 radical (unpaired) electrons. The lowest BCUT2D eigenvalue weighted by atomic mass is 10.3. The maximum absolute atomic E-state index is 4.99. The third kappa shape index (κ3) is 3.95. The third-order valence-corrected chi connectivity index (χ3v) is 2.79. The van der Waals surface area contributed by atoms with Crippen LogP contribution in [0.25, 0.3) is 0 Å². The first-order chi connectivity index (χ1) is 7.30. The average molecular weight is 227 g/mol. The summed E-state index contributed by atoms with van der Waals surface area (Å²) in [7, 11) is 1.61. The van der Waals surface area contributed by atoms with Gasteiger partial charge in [-0.25, -0.2) is 9.97 Å². The van der Waals surface area contributed by atoms with Crippen LogP contribution < -0.4 is 10.1 Å². The Kier molecular flexibility index (Phi) is 5.25. The minimum Gasteiger partial charge on any atom is -0.494 e. The van der Waals surface area contributed by atoms with E-state index in [9.17, 15) is 0 Å². The van der Waals surface area contributed by atoms with Gasteiger partial charge in [-0.15, -0.1) is 0 Å². The van der Waals surface area contributed by atoms with Crippen molar-refractivity contribution in [1.29, 1.82) is 0 Å². The minimum atomic E-state index is 0.424. The molecule has 0 saturated heterocycles. The lowest BCUT2D eigenvalue weighted by Crippen LogP contribution is -2.22. The van der Waals surface area contributed by atoms with E-state index < -0.39 is 0 Å². The Hall–Kier alpha value is -0.970. The van der Waals surface area contributed by atoms with Gasteiger partial charge < -0.3 is 10.1 Å². The Morgan fingerprint density at radius 1 is 1.47 bits per heavy atom. The van der Waals surface area contributed by atoms with Crippen LogP contribution >= 0.6 is 11.8 Å². The van der Waals surface area contributed by atoms with Gasteiger partial charge in [-0.2, -0.15) is 11.8 Å². The molecule has 1 aromatic rings. The molecule has 0 amide bonds. The van der Waals surface area contributed by atoms with Crippen molar-refractivity contribution in [3.05, 3.63) is 12.4 Å². The second kappa shape index (κ2) is 6.50. The first-order valence-electron chi connectivity index (χ1n) is 4.91. The zero-order valence-electron chi connectivity index (χ0n) is 9.36. The van der Waals surface area contributed by atoms with E-state index in [1.807, 2.05) is 11.8 Å². The van der Waals surface area contributed by atoms with Crippen molar-refractivity contribution >= 4 is 17.7 Å². The SMILES string of the molecule is CCC(CSC)Nc1ncc(OC)cn1. The van der Waals surface area contributed by atoms with Gasteiger partial charge in [-0.05, 0) is 12.7 Å². The van der Waals surface area contributed by atoms with Crippen LogP contribution in [0.1, 0.15) is 13.3 Å². The predicted octanol–water partition coefficient (Wildman–Crippen LogP) is 2.04. The Morgan fingerprint density at radius 2 is 2.13 bits per heavy atom. The molecule has 0 aromatic carbocycles. The van der Waals surface area contributed by atoms with Gasteiger partial charge in [0, 0.05) is 11.8 Å². The summed E-state index contributed by atoms with van der Waals surface area (Å²) in [6, 6.07) is 0.424. The molecule has 0 aliphatic heterocycles. The predicted molar refractivity (Wildman–Crippen MR) is 64.7 cm³/mol. The van der Waals surface area contributed by atoms with E-state index >= 15 is 0 Å². The number of hydrogen-bond acceptors (Lipinski definition) is 5. The number of rotatable bonds is 6. The van der Waals surface area contributed by atoms with Crippen molar-refractivity contribution in [1.82, 2.24) is 9.97 Å². The molecule has 1 heterocycles. The summed E-state index contributed by atoms with van der Waals surface area (Å²) in [6.45, 7) is 2.15. The maximum Gasteiger partial charge on any atom is 0.223 e. The van der Waals surface area contributed by atoms with Crippen molar-refractivity contribution in [3.63, 3.8) is 0 Å². The fourth-order valence-electron chi connectivity index (χ4n) is 1.14. The number of methoxy groups -OCH3 is 1. The molecule has 1 aromatic heterocycles. The van der Waals surface area contributed by atoms with Crippen molar-refractivity contribution in [3.8, 4) is 5.75 Å². The van der Waals surface area contributed by atoms with E-state index in [-0.39, 0.29) is 0 Å². The molecule has 84 valence electrons. The van der Waals surface area contributed by atoms with Crippen LogP contribution in [-0.4, -0.2) is 35.1 Å². The first-order valence-corrected chi connectivity index (χ1v) is 6.31. The molecule has 4 nitrogen and oxygen atoms in total. The molecule has 0 fully saturated rings. The van der Waals surface area contributed by atoms with Gasteiger partial charge >= 0.3 is 0 Å². The normalized spacial score (nSPS) is 12.2. The summed E-state index contributed by atoms with van der Waals surface area (Å²) in [5.74, 6) is 2.40. The van der Waals surface area contributed by atoms with Gasteiger partial charge in [0.25, 0.3) is 0 Å². The fourth-order valence-corrected chi connectivity index (χ4v) is 1.86. The molecule has 1 atom stereocenters. The molecular formula is C10H17N3OS. The monoisotopic (exact) mass is 227 g/mol. The smallest absolute Gasteiger partial charge is 0.223 e. The molecule has 0 saturated carbocycles. The summed E-state index contributed by atoms with van der Waals surface area (Å²) >= 11 is 1.82. The molecule has 5 heteroatoms. The maximum atomic E-state index is 4.99. The van der Waals surface area contributed by atoms with E-state index in [1.165, 1.54) is 0 Å². The zero-order chi connectivity index (χ0) is 11.1. The lowest BCUT2D eigenvalue weighted by molar-refractivity contribution is 0.411. The molecule has 1 unspecified atom stereocenters. The van der Waals surface area contributed by atoms with Gasteiger partial charge in [-0.3, -0.25) is 0 Å². The van der Waals surface area contributed by atoms with Gasteiger partial charge in [0.2, 0.25) is 5.95 Å². The summed E-state index contributed by atoms with van der Waals surface area (Å²) in [6.07, 6.45) is 6.50. The van der Waals surface area contributed by atoms with Crippen molar-refractivity contribution < 1.29 is 4.74 Å². The molecule has 0 bridgehead atoms. The van der Waals surface area contributed by atoms with Gasteiger partial charge in [0.1, 0.15) is 0 Å². The van der Waals surface area contributed by atoms with Gasteiger partial charge in [0.05, 0.1) is 19.5 Å². The lowest BCUT2D eigenvalue weighted by Gasteiger charge is -2.15. The Morgan fingerprint density at radius 3 is 2.60 bits per heavy atom. The highest BCUT2D eigenvalue weighted by atomic mass is 32.2. The van der Waals surface area contributed by atoms with Crippen molar-refractivity contribution in [2.45, 2.75) is 19.4 Å². The second-order valence-electron chi connectivity index (χ2n) is 3.15.